The summed E-state index contributed by atoms with van der Waals surface area (Å²) in [5, 5.41) is 0.558. The molecule has 0 radical (unpaired) electrons. The van der Waals surface area contributed by atoms with Crippen molar-refractivity contribution in [2.24, 2.45) is 0 Å². The zero-order valence-corrected chi connectivity index (χ0v) is 19.9. The van der Waals surface area contributed by atoms with Crippen LogP contribution in [0.25, 0.3) is 11.4 Å². The molecular weight excluding hydrogens is 462 g/mol. The molecule has 2 fully saturated rings. The van der Waals surface area contributed by atoms with Crippen molar-refractivity contribution in [3.8, 4) is 11.4 Å². The minimum Gasteiger partial charge on any atom is -0.443 e. The molecule has 1 aromatic carbocycles. The molecule has 2 aliphatic heterocycles. The molecule has 0 saturated carbocycles. The van der Waals surface area contributed by atoms with Crippen molar-refractivity contribution in [3.63, 3.8) is 0 Å². The molecule has 3 aliphatic rings. The molecule has 178 valence electrons. The number of fused-ring (bicyclic) bond motifs is 3. The largest absolute Gasteiger partial charge is 0.443 e. The topological polar surface area (TPSA) is 88.5 Å². The van der Waals surface area contributed by atoms with Gasteiger partial charge >= 0.3 is 6.09 Å². The number of nitrogens with zero attached hydrogens (tertiary/aromatic N) is 5. The Kier molecular flexibility index (Phi) is 5.85. The maximum Gasteiger partial charge on any atom is 0.411 e. The van der Waals surface area contributed by atoms with Crippen LogP contribution in [0.4, 0.5) is 4.79 Å². The lowest BCUT2D eigenvalue weighted by atomic mass is 9.99. The number of carbonyl (C=O) groups is 2. The van der Waals surface area contributed by atoms with Gasteiger partial charge < -0.3 is 9.64 Å². The van der Waals surface area contributed by atoms with E-state index in [2.05, 4.69) is 27.1 Å². The number of hydrogen-bond acceptors (Lipinski definition) is 7. The van der Waals surface area contributed by atoms with Crippen LogP contribution in [0.15, 0.2) is 66.1 Å². The number of piperidine rings is 1. The first-order valence-electron chi connectivity index (χ1n) is 11.9. The van der Waals surface area contributed by atoms with Crippen molar-refractivity contribution in [2.45, 2.75) is 42.6 Å². The quantitative estimate of drug-likeness (QED) is 0.400. The molecule has 2 atom stereocenters. The van der Waals surface area contributed by atoms with Gasteiger partial charge in [-0.25, -0.2) is 14.8 Å². The number of benzene rings is 1. The van der Waals surface area contributed by atoms with Crippen LogP contribution in [0.1, 0.15) is 30.0 Å². The van der Waals surface area contributed by atoms with Gasteiger partial charge in [0.05, 0.1) is 23.2 Å². The van der Waals surface area contributed by atoms with Gasteiger partial charge in [-0.1, -0.05) is 42.1 Å². The SMILES string of the molecule is O=C(CSc1nccc(-c2ccccn2)n1)N1CCC(N2C(=O)OC3Cc4ccccc4C32)CC1. The first-order valence-corrected chi connectivity index (χ1v) is 12.9. The van der Waals surface area contributed by atoms with Gasteiger partial charge in [-0.05, 0) is 42.2 Å². The molecule has 35 heavy (non-hydrogen) atoms. The number of rotatable bonds is 5. The summed E-state index contributed by atoms with van der Waals surface area (Å²) in [7, 11) is 0. The molecule has 0 spiro atoms. The van der Waals surface area contributed by atoms with Crippen LogP contribution in [0, 0.1) is 0 Å². The predicted molar refractivity (Wildman–Crippen MR) is 131 cm³/mol. The van der Waals surface area contributed by atoms with Crippen molar-refractivity contribution in [1.82, 2.24) is 24.8 Å². The maximum atomic E-state index is 12.9. The predicted octanol–water partition coefficient (Wildman–Crippen LogP) is 3.74. The van der Waals surface area contributed by atoms with Gasteiger partial charge in [-0.2, -0.15) is 0 Å². The molecule has 2 amide bonds. The Bertz CT molecular complexity index is 1250. The monoisotopic (exact) mass is 487 g/mol. The summed E-state index contributed by atoms with van der Waals surface area (Å²) in [4.78, 5) is 42.6. The normalized spacial score (nSPS) is 21.5. The summed E-state index contributed by atoms with van der Waals surface area (Å²) in [5.41, 5.74) is 3.98. The van der Waals surface area contributed by atoms with Crippen LogP contribution in [0.5, 0.6) is 0 Å². The highest BCUT2D eigenvalue weighted by molar-refractivity contribution is 7.99. The Labute approximate surface area is 207 Å². The zero-order valence-electron chi connectivity index (χ0n) is 19.1. The highest BCUT2D eigenvalue weighted by Gasteiger charge is 2.50. The number of thioether (sulfide) groups is 1. The molecule has 0 bridgehead atoms. The first kappa shape index (κ1) is 22.0. The summed E-state index contributed by atoms with van der Waals surface area (Å²) in [6.45, 7) is 1.25. The Hall–Kier alpha value is -3.46. The lowest BCUT2D eigenvalue weighted by Crippen LogP contribution is -2.48. The summed E-state index contributed by atoms with van der Waals surface area (Å²) >= 11 is 1.34. The highest BCUT2D eigenvalue weighted by Crippen LogP contribution is 2.44. The van der Waals surface area contributed by atoms with Crippen LogP contribution < -0.4 is 0 Å². The summed E-state index contributed by atoms with van der Waals surface area (Å²) in [5.74, 6) is 0.341. The molecule has 8 nitrogen and oxygen atoms in total. The fourth-order valence-electron chi connectivity index (χ4n) is 5.33. The fourth-order valence-corrected chi connectivity index (χ4v) is 6.06. The standard InChI is InChI=1S/C26H25N5O3S/c32-23(16-35-25-28-12-8-21(29-25)20-7-3-4-11-27-20)30-13-9-18(10-14-30)31-24-19-6-2-1-5-17(19)15-22(24)34-26(31)33/h1-8,11-12,18,22,24H,9-10,13-16H2. The third-order valence-corrected chi connectivity index (χ3v) is 7.85. The van der Waals surface area contributed by atoms with E-state index in [1.54, 1.807) is 12.4 Å². The van der Waals surface area contributed by atoms with Gasteiger partial charge in [-0.3, -0.25) is 14.7 Å². The van der Waals surface area contributed by atoms with Gasteiger partial charge in [0.1, 0.15) is 6.10 Å². The third-order valence-electron chi connectivity index (χ3n) is 7.01. The molecule has 2 saturated heterocycles. The molecule has 3 aromatic rings. The Morgan fingerprint density at radius 1 is 1.00 bits per heavy atom. The van der Waals surface area contributed by atoms with Gasteiger partial charge in [0.2, 0.25) is 5.91 Å². The van der Waals surface area contributed by atoms with Crippen LogP contribution in [0.2, 0.25) is 0 Å². The second kappa shape index (κ2) is 9.30. The number of aromatic nitrogens is 3. The van der Waals surface area contributed by atoms with Gasteiger partial charge in [0.25, 0.3) is 0 Å². The van der Waals surface area contributed by atoms with Crippen molar-refractivity contribution in [3.05, 3.63) is 72.1 Å². The molecular formula is C26H25N5O3S. The van der Waals surface area contributed by atoms with Crippen LogP contribution in [-0.4, -0.2) is 67.7 Å². The minimum atomic E-state index is -0.222. The van der Waals surface area contributed by atoms with Crippen molar-refractivity contribution < 1.29 is 14.3 Å². The van der Waals surface area contributed by atoms with E-state index in [9.17, 15) is 9.59 Å². The van der Waals surface area contributed by atoms with E-state index in [1.165, 1.54) is 22.9 Å². The average molecular weight is 488 g/mol. The lowest BCUT2D eigenvalue weighted by Gasteiger charge is -2.37. The number of ether oxygens (including phenoxy) is 1. The second-order valence-corrected chi connectivity index (χ2v) is 9.96. The fraction of sp³-hybridized carbons (Fsp3) is 0.346. The van der Waals surface area contributed by atoms with E-state index in [1.807, 2.05) is 46.2 Å². The Morgan fingerprint density at radius 2 is 1.83 bits per heavy atom. The summed E-state index contributed by atoms with van der Waals surface area (Å²) in [6, 6.07) is 15.8. The third kappa shape index (κ3) is 4.25. The molecule has 0 N–H and O–H groups in total. The number of amides is 2. The van der Waals surface area contributed by atoms with E-state index >= 15 is 0 Å². The number of pyridine rings is 1. The van der Waals surface area contributed by atoms with E-state index in [0.29, 0.717) is 18.2 Å². The van der Waals surface area contributed by atoms with Crippen LogP contribution in [-0.2, 0) is 16.0 Å². The van der Waals surface area contributed by atoms with Gasteiger partial charge in [0.15, 0.2) is 5.16 Å². The van der Waals surface area contributed by atoms with E-state index in [0.717, 1.165) is 30.7 Å². The van der Waals surface area contributed by atoms with E-state index in [-0.39, 0.29) is 35.9 Å². The van der Waals surface area contributed by atoms with Gasteiger partial charge in [0, 0.05) is 37.9 Å². The maximum absolute atomic E-state index is 12.9. The second-order valence-electron chi connectivity index (χ2n) is 9.02. The molecule has 9 heteroatoms. The van der Waals surface area contributed by atoms with Crippen LogP contribution >= 0.6 is 11.8 Å². The first-order chi connectivity index (χ1) is 17.2. The zero-order chi connectivity index (χ0) is 23.8. The number of likely N-dealkylation sites (tertiary alicyclic amines) is 1. The number of hydrogen-bond donors (Lipinski definition) is 0. The molecule has 2 aromatic heterocycles. The molecule has 1 aliphatic carbocycles. The highest BCUT2D eigenvalue weighted by atomic mass is 32.2. The number of carbonyl (C=O) groups excluding carboxylic acids is 2. The van der Waals surface area contributed by atoms with E-state index < -0.39 is 0 Å². The van der Waals surface area contributed by atoms with Crippen molar-refractivity contribution in [1.29, 1.82) is 0 Å². The average Bonchev–Trinajstić information content (AvgIpc) is 3.42. The van der Waals surface area contributed by atoms with E-state index in [4.69, 9.17) is 4.74 Å². The summed E-state index contributed by atoms with van der Waals surface area (Å²) in [6.07, 6.45) is 5.38. The molecule has 6 rings (SSSR count). The van der Waals surface area contributed by atoms with Gasteiger partial charge in [-0.15, -0.1) is 0 Å². The lowest BCUT2D eigenvalue weighted by molar-refractivity contribution is -0.129. The Morgan fingerprint density at radius 3 is 2.66 bits per heavy atom. The van der Waals surface area contributed by atoms with Crippen molar-refractivity contribution >= 4 is 23.8 Å². The smallest absolute Gasteiger partial charge is 0.411 e. The minimum absolute atomic E-state index is 0.00923. The molecule has 4 heterocycles. The Balaban J connectivity index is 1.05. The summed E-state index contributed by atoms with van der Waals surface area (Å²) < 4.78 is 5.72. The van der Waals surface area contributed by atoms with Crippen LogP contribution in [0.3, 0.4) is 0 Å². The van der Waals surface area contributed by atoms with Crippen molar-refractivity contribution in [2.75, 3.05) is 18.8 Å². The molecule has 2 unspecified atom stereocenters.